The largest absolute Gasteiger partial charge is 0.508 e. The number of allylic oxidation sites excluding steroid dienone is 28. The van der Waals surface area contributed by atoms with Crippen molar-refractivity contribution < 1.29 is 73.3 Å². The van der Waals surface area contributed by atoms with Gasteiger partial charge in [0, 0.05) is 44.9 Å². The normalized spacial score (nSPS) is 14.0. The molecule has 7 aromatic rings. The highest BCUT2D eigenvalue weighted by molar-refractivity contribution is 6.00. The minimum Gasteiger partial charge on any atom is -0.508 e. The summed E-state index contributed by atoms with van der Waals surface area (Å²) in [6.07, 6.45) is 54.8. The number of aryl methyl sites for hydroxylation is 10. The van der Waals surface area contributed by atoms with E-state index in [9.17, 15) is 63.5 Å². The average Bonchev–Trinajstić information content (AvgIpc) is 1.52. The van der Waals surface area contributed by atoms with Gasteiger partial charge in [-0.1, -0.05) is 304 Å². The topological polar surface area (TPSA) is 250 Å². The van der Waals surface area contributed by atoms with E-state index in [1.165, 1.54) is 34.9 Å². The van der Waals surface area contributed by atoms with Crippen molar-refractivity contribution in [3.63, 3.8) is 0 Å². The van der Waals surface area contributed by atoms with Crippen LogP contribution in [0.3, 0.4) is 0 Å². The highest BCUT2D eigenvalue weighted by atomic mass is 19.1. The van der Waals surface area contributed by atoms with Crippen LogP contribution in [0.5, 0.6) is 40.2 Å². The number of halogens is 1. The molecule has 0 unspecified atom stereocenters. The molecule has 0 aliphatic heterocycles. The second-order valence-corrected chi connectivity index (χ2v) is 39.8. The molecule has 139 heavy (non-hydrogen) atoms. The molecule has 6 N–H and O–H groups in total. The fourth-order valence-corrected chi connectivity index (χ4v) is 17.2. The highest BCUT2D eigenvalue weighted by Crippen LogP contribution is 2.40. The Balaban J connectivity index is 0.000000199. The monoisotopic (exact) mass is 1880 g/mol. The number of methoxy groups -OCH3 is 1. The Hall–Kier alpha value is -12.9. The second kappa shape index (κ2) is 54.5. The van der Waals surface area contributed by atoms with E-state index < -0.39 is 0 Å². The first kappa shape index (κ1) is 111. The zero-order valence-electron chi connectivity index (χ0n) is 85.6. The van der Waals surface area contributed by atoms with E-state index in [-0.39, 0.29) is 86.9 Å². The van der Waals surface area contributed by atoms with Crippen molar-refractivity contribution in [2.24, 2.45) is 0 Å². The summed E-state index contributed by atoms with van der Waals surface area (Å²) in [6, 6.07) is 32.0. The Morgan fingerprint density at radius 1 is 0.295 bits per heavy atom. The molecule has 14 nitrogen and oxygen atoms in total. The maximum Gasteiger partial charge on any atom is 0.159 e. The van der Waals surface area contributed by atoms with Crippen LogP contribution in [0, 0.1) is 26.6 Å². The van der Waals surface area contributed by atoms with Crippen LogP contribution in [0.15, 0.2) is 270 Å². The fourth-order valence-electron chi connectivity index (χ4n) is 17.2. The number of ketones is 7. The maximum atomic E-state index is 13.6. The number of rotatable bonds is 35. The van der Waals surface area contributed by atoms with Gasteiger partial charge in [0.15, 0.2) is 52.0 Å². The number of hydrogen-bond acceptors (Lipinski definition) is 14. The SMILES string of the molecule is CC(C)c1cc(CCC(=O)C2=CC=CC2)c(C(C)C)cc1O.CC(C)c1cc(CCC(=O)C2=CC=CC2)cc(C(C)C)c1O.CC(C)c1cc(CCC(=O)C2=CC=CC2)ccc1F.COc1ccc(CCC(=O)C2=CC=CC2)cc1C(C)C.Cc1cc(CCC(=O)C2=CC=CC2)cc(C(C)(C)C)c1O.Cc1cc(CCC(=O)C2=CC=CC2)cc(C)c1O.O=C(CCc1ccc(O)c(O)c1)C1=CC=CC1. The molecule has 14 rings (SSSR count). The predicted octanol–water partition coefficient (Wildman–Crippen LogP) is 28.9. The van der Waals surface area contributed by atoms with Gasteiger partial charge >= 0.3 is 0 Å². The molecule has 0 saturated carbocycles. The molecule has 0 heterocycles. The molecule has 0 saturated heterocycles. The third-order valence-corrected chi connectivity index (χ3v) is 25.7. The number of phenols is 6. The summed E-state index contributed by atoms with van der Waals surface area (Å²) < 4.78 is 19.0. The molecule has 7 aliphatic carbocycles. The summed E-state index contributed by atoms with van der Waals surface area (Å²) >= 11 is 0. The lowest BCUT2D eigenvalue weighted by Crippen LogP contribution is -2.13. The first-order chi connectivity index (χ1) is 66.0. The standard InChI is InChI=1S/2C20H26O2.C19H24O2.C18H22O2.C17H19FO.C16H18O2.C14H14O3/c1-13(2)17-11-15(12-18(14(3)4)20(17)22)9-10-19(21)16-7-5-6-8-16;1-13(2)17-12-20(22)18(14(3)4)11-16(17)9-10-19(21)15-7-5-6-8-15;1-13-11-14(12-16(18(13)21)19(2,3)4)9-10-17(20)15-7-5-6-8-15;1-13(2)16-12-14(9-11-18(16)20-3)8-10-17(19)15-6-4-5-7-15;1-12(2)15-11-13(7-9-16(15)18)8-10-17(19)14-5-3-4-6-14;1-11-9-13(10-12(2)16(11)18)7-8-15(17)14-5-3-4-6-14;15-12(11-3-1-2-4-11)7-5-10-6-8-13(16)14(17)9-10/h2*5-7,11-14,22H,8-10H2,1-4H3;5-7,11-12,21H,8-10H2,1-4H3;4-6,9,11-13H,7-8,10H2,1-3H3;3-5,7,9,11-12H,6,8,10H2,1-2H3;3-5,9-10,18H,6-8H2,1-2H3;1-3,6,8-9,16-17H,4-5,7H2. The zero-order valence-corrected chi connectivity index (χ0v) is 85.6. The van der Waals surface area contributed by atoms with Gasteiger partial charge in [-0.15, -0.1) is 0 Å². The second-order valence-electron chi connectivity index (χ2n) is 39.8. The molecule has 0 spiro atoms. The van der Waals surface area contributed by atoms with Crippen LogP contribution in [-0.2, 0) is 83.9 Å². The number of carbonyl (C=O) groups is 7. The summed E-state index contributed by atoms with van der Waals surface area (Å²) in [5, 5.41) is 59.0. The Labute approximate surface area is 826 Å². The third kappa shape index (κ3) is 34.6. The number of phenolic OH excluding ortho intramolecular Hbond substituents is 6. The molecule has 7 aliphatic rings. The number of Topliss-reactive ketones (excluding diaryl/α,β-unsaturated/α-hetero) is 7. The van der Waals surface area contributed by atoms with E-state index in [1.54, 1.807) is 19.2 Å². The Morgan fingerprint density at radius 2 is 0.583 bits per heavy atom. The van der Waals surface area contributed by atoms with E-state index >= 15 is 0 Å². The van der Waals surface area contributed by atoms with E-state index in [0.717, 1.165) is 200 Å². The maximum absolute atomic E-state index is 13.6. The van der Waals surface area contributed by atoms with E-state index in [2.05, 4.69) is 120 Å². The molecule has 0 fully saturated rings. The summed E-state index contributed by atoms with van der Waals surface area (Å²) in [5.74, 6) is 5.27. The first-order valence-corrected chi connectivity index (χ1v) is 49.5. The van der Waals surface area contributed by atoms with Crippen LogP contribution in [0.25, 0.3) is 0 Å². The number of carbonyl (C=O) groups excluding carboxylic acids is 7. The number of ether oxygens (including phenoxy) is 1. The Morgan fingerprint density at radius 3 is 0.899 bits per heavy atom. The summed E-state index contributed by atoms with van der Waals surface area (Å²) in [4.78, 5) is 84.1. The molecule has 0 aromatic heterocycles. The van der Waals surface area contributed by atoms with Gasteiger partial charge < -0.3 is 35.4 Å². The van der Waals surface area contributed by atoms with Gasteiger partial charge in [0.05, 0.1) is 7.11 Å². The van der Waals surface area contributed by atoms with Gasteiger partial charge in [0.25, 0.3) is 0 Å². The van der Waals surface area contributed by atoms with Crippen LogP contribution in [0.4, 0.5) is 4.39 Å². The summed E-state index contributed by atoms with van der Waals surface area (Å²) in [6.45, 7) is 37.0. The smallest absolute Gasteiger partial charge is 0.159 e. The first-order valence-electron chi connectivity index (χ1n) is 49.5. The van der Waals surface area contributed by atoms with Gasteiger partial charge in [-0.05, 0) is 316 Å². The van der Waals surface area contributed by atoms with Crippen molar-refractivity contribution in [3.05, 3.63) is 370 Å². The lowest BCUT2D eigenvalue weighted by Gasteiger charge is -2.22. The average molecular weight is 1880 g/mol. The van der Waals surface area contributed by atoms with Gasteiger partial charge in [-0.3, -0.25) is 33.6 Å². The van der Waals surface area contributed by atoms with E-state index in [0.29, 0.717) is 92.6 Å². The van der Waals surface area contributed by atoms with Gasteiger partial charge in [-0.2, -0.15) is 0 Å². The number of aromatic hydroxyl groups is 6. The molecule has 15 heteroatoms. The van der Waals surface area contributed by atoms with Crippen molar-refractivity contribution in [2.45, 2.75) is 300 Å². The fraction of sp³-hybridized carbons (Fsp3) is 0.379. The Kier molecular flexibility index (Phi) is 43.7. The van der Waals surface area contributed by atoms with Crippen LogP contribution < -0.4 is 4.74 Å². The molecular weight excluding hydrogens is 1730 g/mol. The number of hydrogen-bond donors (Lipinski definition) is 6. The predicted molar refractivity (Wildman–Crippen MR) is 565 cm³/mol. The van der Waals surface area contributed by atoms with E-state index in [4.69, 9.17) is 9.84 Å². The molecule has 7 aromatic carbocycles. The Bertz CT molecular complexity index is 5970. The minimum absolute atomic E-state index is 0.104. The molecule has 736 valence electrons. The van der Waals surface area contributed by atoms with Gasteiger partial charge in [0.2, 0.25) is 0 Å². The molecule has 0 radical (unpaired) electrons. The van der Waals surface area contributed by atoms with Gasteiger partial charge in [-0.25, -0.2) is 4.39 Å². The summed E-state index contributed by atoms with van der Waals surface area (Å²) in [7, 11) is 1.70. The lowest BCUT2D eigenvalue weighted by molar-refractivity contribution is -0.116. The van der Waals surface area contributed by atoms with Crippen LogP contribution in [0.1, 0.15) is 324 Å². The summed E-state index contributed by atoms with van der Waals surface area (Å²) in [5.41, 5.74) is 23.4. The van der Waals surface area contributed by atoms with Crippen LogP contribution >= 0.6 is 0 Å². The van der Waals surface area contributed by atoms with Crippen molar-refractivity contribution in [2.75, 3.05) is 7.11 Å². The zero-order chi connectivity index (χ0) is 102. The minimum atomic E-state index is -0.159. The number of benzene rings is 7. The van der Waals surface area contributed by atoms with Crippen LogP contribution in [0.2, 0.25) is 0 Å². The molecule has 0 bridgehead atoms. The van der Waals surface area contributed by atoms with Gasteiger partial charge in [0.1, 0.15) is 34.6 Å². The molecule has 0 amide bonds. The lowest BCUT2D eigenvalue weighted by atomic mass is 9.83. The van der Waals surface area contributed by atoms with Crippen molar-refractivity contribution in [1.82, 2.24) is 0 Å². The highest BCUT2D eigenvalue weighted by Gasteiger charge is 2.25. The third-order valence-electron chi connectivity index (χ3n) is 25.7. The molecular formula is C124H149FO14. The van der Waals surface area contributed by atoms with Crippen molar-refractivity contribution in [1.29, 1.82) is 0 Å². The molecule has 0 atom stereocenters. The van der Waals surface area contributed by atoms with Crippen molar-refractivity contribution >= 4 is 40.5 Å². The van der Waals surface area contributed by atoms with Crippen molar-refractivity contribution in [3.8, 4) is 40.2 Å². The van der Waals surface area contributed by atoms with E-state index in [1.807, 2.05) is 205 Å². The quantitative estimate of drug-likeness (QED) is 0.0202. The van der Waals surface area contributed by atoms with Crippen LogP contribution in [-0.4, -0.2) is 78.2 Å².